The fraction of sp³-hybridized carbons (Fsp3) is 0.0909. The lowest BCUT2D eigenvalue weighted by Crippen LogP contribution is -2.09. The lowest BCUT2D eigenvalue weighted by Gasteiger charge is -2.07. The number of aromatic nitrogens is 1. The van der Waals surface area contributed by atoms with Gasteiger partial charge < -0.3 is 9.84 Å². The summed E-state index contributed by atoms with van der Waals surface area (Å²) >= 11 is 6.07. The molecule has 1 aromatic heterocycles. The average molecular weight is 238 g/mol. The highest BCUT2D eigenvalue weighted by Gasteiger charge is 2.08. The van der Waals surface area contributed by atoms with E-state index in [2.05, 4.69) is 4.98 Å². The van der Waals surface area contributed by atoms with Crippen LogP contribution in [-0.2, 0) is 4.79 Å². The number of carboxylic acids is 1. The predicted molar refractivity (Wildman–Crippen MR) is 59.9 cm³/mol. The topological polar surface area (TPSA) is 59.4 Å². The molecule has 1 N–H and O–H groups in total. The highest BCUT2D eigenvalue weighted by atomic mass is 35.5. The van der Waals surface area contributed by atoms with Crippen molar-refractivity contribution in [3.05, 3.63) is 35.5 Å². The molecular weight excluding hydrogens is 230 g/mol. The first kappa shape index (κ1) is 10.7. The molecule has 4 nitrogen and oxygen atoms in total. The van der Waals surface area contributed by atoms with Crippen molar-refractivity contribution >= 4 is 28.5 Å². The molecule has 0 aliphatic rings. The number of halogens is 1. The Labute approximate surface area is 96.4 Å². The van der Waals surface area contributed by atoms with Crippen molar-refractivity contribution in [3.8, 4) is 5.75 Å². The zero-order chi connectivity index (χ0) is 11.5. The number of rotatable bonds is 3. The zero-order valence-corrected chi connectivity index (χ0v) is 8.94. The van der Waals surface area contributed by atoms with E-state index in [1.807, 2.05) is 0 Å². The molecule has 0 spiro atoms. The summed E-state index contributed by atoms with van der Waals surface area (Å²) in [5.41, 5.74) is 0.746. The van der Waals surface area contributed by atoms with Crippen LogP contribution in [0.5, 0.6) is 5.75 Å². The first-order valence-corrected chi connectivity index (χ1v) is 4.94. The molecule has 1 heterocycles. The van der Waals surface area contributed by atoms with Gasteiger partial charge in [0, 0.05) is 11.6 Å². The van der Waals surface area contributed by atoms with Gasteiger partial charge in [-0.15, -0.1) is 0 Å². The molecule has 0 amide bonds. The van der Waals surface area contributed by atoms with Crippen LogP contribution in [0.2, 0.25) is 5.02 Å². The Morgan fingerprint density at radius 2 is 2.25 bits per heavy atom. The Bertz CT molecular complexity index is 542. The molecule has 2 aromatic rings. The van der Waals surface area contributed by atoms with E-state index >= 15 is 0 Å². The van der Waals surface area contributed by atoms with Gasteiger partial charge in [-0.2, -0.15) is 0 Å². The lowest BCUT2D eigenvalue weighted by atomic mass is 10.2. The van der Waals surface area contributed by atoms with Gasteiger partial charge >= 0.3 is 5.97 Å². The second-order valence-electron chi connectivity index (χ2n) is 3.13. The molecule has 5 heteroatoms. The van der Waals surface area contributed by atoms with Gasteiger partial charge in [-0.25, -0.2) is 4.79 Å². The van der Waals surface area contributed by atoms with E-state index in [1.165, 1.54) is 0 Å². The van der Waals surface area contributed by atoms with Gasteiger partial charge in [-0.3, -0.25) is 4.98 Å². The number of ether oxygens (including phenoxy) is 1. The molecule has 0 bridgehead atoms. The number of carboxylic acid groups (broad SMARTS) is 1. The fourth-order valence-electron chi connectivity index (χ4n) is 1.35. The largest absolute Gasteiger partial charge is 0.480 e. The lowest BCUT2D eigenvalue weighted by molar-refractivity contribution is -0.139. The van der Waals surface area contributed by atoms with Crippen LogP contribution in [0.25, 0.3) is 10.9 Å². The van der Waals surface area contributed by atoms with Crippen LogP contribution in [0.4, 0.5) is 0 Å². The summed E-state index contributed by atoms with van der Waals surface area (Å²) in [7, 11) is 0. The molecule has 1 aromatic carbocycles. The number of hydrogen-bond acceptors (Lipinski definition) is 3. The first-order chi connectivity index (χ1) is 7.68. The summed E-state index contributed by atoms with van der Waals surface area (Å²) in [5.74, 6) is -0.688. The fourth-order valence-corrected chi connectivity index (χ4v) is 1.62. The van der Waals surface area contributed by atoms with Crippen LogP contribution in [0.15, 0.2) is 30.5 Å². The van der Waals surface area contributed by atoms with Crippen LogP contribution in [0, 0.1) is 0 Å². The Balaban J connectivity index is 2.40. The Kier molecular flexibility index (Phi) is 2.92. The maximum absolute atomic E-state index is 10.4. The number of benzene rings is 1. The molecule has 16 heavy (non-hydrogen) atoms. The van der Waals surface area contributed by atoms with Crippen molar-refractivity contribution in [1.29, 1.82) is 0 Å². The number of nitrogens with zero attached hydrogens (tertiary/aromatic N) is 1. The maximum atomic E-state index is 10.4. The summed E-state index contributed by atoms with van der Waals surface area (Å²) < 4.78 is 5.05. The number of aliphatic carboxylic acids is 1. The predicted octanol–water partition coefficient (Wildman–Crippen LogP) is 2.35. The number of pyridine rings is 1. The summed E-state index contributed by atoms with van der Waals surface area (Å²) in [6.07, 6.45) is 1.66. The molecule has 0 saturated heterocycles. The molecule has 2 rings (SSSR count). The van der Waals surface area contributed by atoms with Gasteiger partial charge in [-0.1, -0.05) is 11.6 Å². The molecule has 0 radical (unpaired) electrons. The van der Waals surface area contributed by atoms with Gasteiger partial charge in [0.05, 0.1) is 10.5 Å². The minimum Gasteiger partial charge on any atom is -0.480 e. The van der Waals surface area contributed by atoms with Crippen molar-refractivity contribution in [1.82, 2.24) is 4.98 Å². The summed E-state index contributed by atoms with van der Waals surface area (Å²) in [4.78, 5) is 14.5. The van der Waals surface area contributed by atoms with Crippen LogP contribution in [0.3, 0.4) is 0 Å². The third kappa shape index (κ3) is 2.06. The Morgan fingerprint density at radius 3 is 3.00 bits per heavy atom. The maximum Gasteiger partial charge on any atom is 0.341 e. The quantitative estimate of drug-likeness (QED) is 0.890. The van der Waals surface area contributed by atoms with Crippen molar-refractivity contribution in [2.24, 2.45) is 0 Å². The highest BCUT2D eigenvalue weighted by Crippen LogP contribution is 2.31. The second-order valence-corrected chi connectivity index (χ2v) is 3.51. The normalized spacial score (nSPS) is 10.3. The minimum absolute atomic E-state index is 0.351. The van der Waals surface area contributed by atoms with Crippen molar-refractivity contribution in [3.63, 3.8) is 0 Å². The Hall–Kier alpha value is -1.81. The summed E-state index contributed by atoms with van der Waals surface area (Å²) in [5, 5.41) is 9.62. The van der Waals surface area contributed by atoms with Crippen LogP contribution in [0.1, 0.15) is 0 Å². The zero-order valence-electron chi connectivity index (χ0n) is 8.18. The standard InChI is InChI=1S/C11H8ClNO3/c12-11-7-2-1-5-13-8(7)3-4-9(11)16-6-10(14)15/h1-5H,6H2,(H,14,15). The van der Waals surface area contributed by atoms with E-state index in [0.29, 0.717) is 10.8 Å². The van der Waals surface area contributed by atoms with Gasteiger partial charge in [-0.05, 0) is 24.3 Å². The summed E-state index contributed by atoms with van der Waals surface area (Å²) in [6, 6.07) is 6.91. The van der Waals surface area contributed by atoms with Gasteiger partial charge in [0.1, 0.15) is 5.75 Å². The van der Waals surface area contributed by atoms with Gasteiger partial charge in [0.25, 0.3) is 0 Å². The molecule has 0 atom stereocenters. The number of hydrogen-bond donors (Lipinski definition) is 1. The SMILES string of the molecule is O=C(O)COc1ccc2ncccc2c1Cl. The smallest absolute Gasteiger partial charge is 0.341 e. The van der Waals surface area contributed by atoms with E-state index in [9.17, 15) is 4.79 Å². The number of carbonyl (C=O) groups is 1. The third-order valence-corrected chi connectivity index (χ3v) is 2.42. The molecular formula is C11H8ClNO3. The molecule has 0 unspecified atom stereocenters. The van der Waals surface area contributed by atoms with Crippen LogP contribution < -0.4 is 4.74 Å². The first-order valence-electron chi connectivity index (χ1n) is 4.56. The molecule has 0 fully saturated rings. The monoisotopic (exact) mass is 237 g/mol. The van der Waals surface area contributed by atoms with E-state index in [0.717, 1.165) is 10.9 Å². The molecule has 0 aliphatic heterocycles. The third-order valence-electron chi connectivity index (χ3n) is 2.04. The number of fused-ring (bicyclic) bond motifs is 1. The highest BCUT2D eigenvalue weighted by molar-refractivity contribution is 6.36. The minimum atomic E-state index is -1.04. The van der Waals surface area contributed by atoms with E-state index in [4.69, 9.17) is 21.4 Å². The van der Waals surface area contributed by atoms with E-state index < -0.39 is 12.6 Å². The molecule has 0 saturated carbocycles. The van der Waals surface area contributed by atoms with Crippen LogP contribution >= 0.6 is 11.6 Å². The average Bonchev–Trinajstić information content (AvgIpc) is 2.28. The van der Waals surface area contributed by atoms with Gasteiger partial charge in [0.2, 0.25) is 0 Å². The Morgan fingerprint density at radius 1 is 1.44 bits per heavy atom. The molecule has 82 valence electrons. The van der Waals surface area contributed by atoms with Crippen LogP contribution in [-0.4, -0.2) is 22.7 Å². The second kappa shape index (κ2) is 4.37. The van der Waals surface area contributed by atoms with Gasteiger partial charge in [0.15, 0.2) is 6.61 Å². The van der Waals surface area contributed by atoms with Crippen molar-refractivity contribution in [2.45, 2.75) is 0 Å². The van der Waals surface area contributed by atoms with Crippen molar-refractivity contribution < 1.29 is 14.6 Å². The van der Waals surface area contributed by atoms with Crippen molar-refractivity contribution in [2.75, 3.05) is 6.61 Å². The van der Waals surface area contributed by atoms with E-state index in [-0.39, 0.29) is 0 Å². The van der Waals surface area contributed by atoms with E-state index in [1.54, 1.807) is 30.5 Å². The summed E-state index contributed by atoms with van der Waals surface area (Å²) in [6.45, 7) is -0.411. The molecule has 0 aliphatic carbocycles.